The van der Waals surface area contributed by atoms with Crippen LogP contribution in [0.2, 0.25) is 0 Å². The molecule has 9 heteroatoms. The Hall–Kier alpha value is -4.79. The Morgan fingerprint density at radius 2 is 1.62 bits per heavy atom. The number of carbonyl (C=O) groups is 1. The quantitative estimate of drug-likeness (QED) is 0.294. The average Bonchev–Trinajstić information content (AvgIpc) is 2.85. The third-order valence-electron chi connectivity index (χ3n) is 5.07. The first-order valence-corrected chi connectivity index (χ1v) is 10.4. The number of nitro benzene ring substituents is 1. The fraction of sp³-hybridized carbons (Fsp3) is 0.0800. The summed E-state index contributed by atoms with van der Waals surface area (Å²) in [6.07, 6.45) is 1.50. The fourth-order valence-corrected chi connectivity index (χ4v) is 3.37. The molecule has 170 valence electrons. The first kappa shape index (κ1) is 22.4. The van der Waals surface area contributed by atoms with E-state index in [0.717, 1.165) is 16.9 Å². The molecule has 0 radical (unpaired) electrons. The maximum absolute atomic E-state index is 12.6. The molecule has 0 aliphatic heterocycles. The predicted octanol–water partition coefficient (Wildman–Crippen LogP) is 5.11. The second-order valence-electron chi connectivity index (χ2n) is 7.67. The molecule has 1 heterocycles. The molecule has 4 rings (SSSR count). The summed E-state index contributed by atoms with van der Waals surface area (Å²) in [5.41, 5.74) is 3.63. The minimum atomic E-state index is -0.497. The number of nitrogens with one attached hydrogen (secondary N) is 2. The Balaban J connectivity index is 1.45. The number of amides is 1. The molecule has 0 aliphatic carbocycles. The Bertz CT molecular complexity index is 1320. The predicted molar refractivity (Wildman–Crippen MR) is 133 cm³/mol. The molecule has 0 aliphatic rings. The summed E-state index contributed by atoms with van der Waals surface area (Å²) in [5, 5.41) is 17.4. The molecular weight excluding hydrogens is 432 g/mol. The van der Waals surface area contributed by atoms with Crippen molar-refractivity contribution in [3.8, 4) is 11.3 Å². The molecule has 0 spiro atoms. The minimum Gasteiger partial charge on any atom is -0.372 e. The summed E-state index contributed by atoms with van der Waals surface area (Å²) in [6, 6.07) is 23.1. The van der Waals surface area contributed by atoms with Crippen LogP contribution in [0.1, 0.15) is 10.4 Å². The van der Waals surface area contributed by atoms with Crippen molar-refractivity contribution in [3.05, 3.63) is 101 Å². The van der Waals surface area contributed by atoms with Crippen LogP contribution in [-0.2, 0) is 0 Å². The second-order valence-corrected chi connectivity index (χ2v) is 7.67. The number of hydrogen-bond acceptors (Lipinski definition) is 7. The van der Waals surface area contributed by atoms with Gasteiger partial charge in [-0.1, -0.05) is 30.3 Å². The maximum atomic E-state index is 12.6. The van der Waals surface area contributed by atoms with Gasteiger partial charge in [0.05, 0.1) is 10.6 Å². The van der Waals surface area contributed by atoms with Gasteiger partial charge in [-0.05, 0) is 36.4 Å². The van der Waals surface area contributed by atoms with E-state index in [4.69, 9.17) is 0 Å². The number of benzene rings is 3. The number of carbonyl (C=O) groups excluding carboxylic acids is 1. The normalized spacial score (nSPS) is 10.4. The van der Waals surface area contributed by atoms with Crippen LogP contribution in [-0.4, -0.2) is 34.9 Å². The summed E-state index contributed by atoms with van der Waals surface area (Å²) >= 11 is 0. The highest BCUT2D eigenvalue weighted by Crippen LogP contribution is 2.28. The standard InChI is InChI=1S/C25H22N6O3/c1-30(2)22-13-8-18(14-23(22)31(33)34)25(32)29-20-11-9-19(10-12-20)28-24-15-21(26-16-27-24)17-6-4-3-5-7-17/h3-16H,1-2H3,(H,29,32)(H,26,27,28). The van der Waals surface area contributed by atoms with Crippen molar-refractivity contribution in [2.75, 3.05) is 29.6 Å². The molecule has 0 saturated heterocycles. The molecule has 1 aromatic heterocycles. The molecule has 0 atom stereocenters. The third kappa shape index (κ3) is 5.16. The van der Waals surface area contributed by atoms with Crippen molar-refractivity contribution >= 4 is 34.5 Å². The van der Waals surface area contributed by atoms with E-state index >= 15 is 0 Å². The smallest absolute Gasteiger partial charge is 0.293 e. The lowest BCUT2D eigenvalue weighted by Gasteiger charge is -2.13. The third-order valence-corrected chi connectivity index (χ3v) is 5.07. The van der Waals surface area contributed by atoms with Crippen molar-refractivity contribution < 1.29 is 9.72 Å². The van der Waals surface area contributed by atoms with Crippen LogP contribution in [0.3, 0.4) is 0 Å². The van der Waals surface area contributed by atoms with Gasteiger partial charge in [0.2, 0.25) is 0 Å². The Labute approximate surface area is 196 Å². The zero-order valence-electron chi connectivity index (χ0n) is 18.6. The first-order valence-electron chi connectivity index (χ1n) is 10.4. The lowest BCUT2D eigenvalue weighted by Crippen LogP contribution is -2.15. The monoisotopic (exact) mass is 454 g/mol. The van der Waals surface area contributed by atoms with E-state index in [1.54, 1.807) is 55.4 Å². The fourth-order valence-electron chi connectivity index (χ4n) is 3.37. The number of anilines is 4. The highest BCUT2D eigenvalue weighted by Gasteiger charge is 2.19. The lowest BCUT2D eigenvalue weighted by molar-refractivity contribution is -0.384. The second kappa shape index (κ2) is 9.78. The number of nitrogens with zero attached hydrogens (tertiary/aromatic N) is 4. The topological polar surface area (TPSA) is 113 Å². The molecule has 1 amide bonds. The number of nitro groups is 1. The molecule has 3 aromatic carbocycles. The van der Waals surface area contributed by atoms with Gasteiger partial charge in [0.15, 0.2) is 0 Å². The summed E-state index contributed by atoms with van der Waals surface area (Å²) in [4.78, 5) is 33.7. The van der Waals surface area contributed by atoms with Gasteiger partial charge >= 0.3 is 0 Å². The van der Waals surface area contributed by atoms with Crippen LogP contribution in [0.4, 0.5) is 28.6 Å². The largest absolute Gasteiger partial charge is 0.372 e. The summed E-state index contributed by atoms with van der Waals surface area (Å²) in [6.45, 7) is 0. The maximum Gasteiger partial charge on any atom is 0.293 e. The van der Waals surface area contributed by atoms with Crippen LogP contribution in [0.15, 0.2) is 85.2 Å². The van der Waals surface area contributed by atoms with Crippen molar-refractivity contribution in [2.24, 2.45) is 0 Å². The van der Waals surface area contributed by atoms with Gasteiger partial charge in [0, 0.05) is 48.7 Å². The molecule has 34 heavy (non-hydrogen) atoms. The Morgan fingerprint density at radius 1 is 0.912 bits per heavy atom. The molecule has 0 bridgehead atoms. The first-order chi connectivity index (χ1) is 16.4. The van der Waals surface area contributed by atoms with Crippen LogP contribution in [0.25, 0.3) is 11.3 Å². The van der Waals surface area contributed by atoms with Gasteiger partial charge < -0.3 is 15.5 Å². The van der Waals surface area contributed by atoms with Crippen LogP contribution in [0.5, 0.6) is 0 Å². The zero-order valence-corrected chi connectivity index (χ0v) is 18.6. The van der Waals surface area contributed by atoms with Crippen molar-refractivity contribution in [3.63, 3.8) is 0 Å². The van der Waals surface area contributed by atoms with Crippen LogP contribution in [0, 0.1) is 10.1 Å². The van der Waals surface area contributed by atoms with Crippen molar-refractivity contribution in [1.29, 1.82) is 0 Å². The molecule has 4 aromatic rings. The van der Waals surface area contributed by atoms with Crippen LogP contribution < -0.4 is 15.5 Å². The van der Waals surface area contributed by atoms with Gasteiger partial charge in [-0.3, -0.25) is 14.9 Å². The molecule has 2 N–H and O–H groups in total. The highest BCUT2D eigenvalue weighted by atomic mass is 16.6. The summed E-state index contributed by atoms with van der Waals surface area (Å²) < 4.78 is 0. The minimum absolute atomic E-state index is 0.128. The van der Waals surface area contributed by atoms with Gasteiger partial charge in [-0.15, -0.1) is 0 Å². The molecule has 0 saturated carbocycles. The SMILES string of the molecule is CN(C)c1ccc(C(=O)Nc2ccc(Nc3cc(-c4ccccc4)ncn3)cc2)cc1[N+](=O)[O-]. The number of aromatic nitrogens is 2. The highest BCUT2D eigenvalue weighted by molar-refractivity contribution is 6.05. The van der Waals surface area contributed by atoms with E-state index in [9.17, 15) is 14.9 Å². The molecule has 9 nitrogen and oxygen atoms in total. The molecule has 0 unspecified atom stereocenters. The zero-order chi connectivity index (χ0) is 24.1. The molecular formula is C25H22N6O3. The van der Waals surface area contributed by atoms with Crippen molar-refractivity contribution in [1.82, 2.24) is 9.97 Å². The average molecular weight is 454 g/mol. The molecule has 0 fully saturated rings. The van der Waals surface area contributed by atoms with Gasteiger partial charge in [-0.2, -0.15) is 0 Å². The van der Waals surface area contributed by atoms with Gasteiger partial charge in [0.1, 0.15) is 17.8 Å². The van der Waals surface area contributed by atoms with E-state index in [2.05, 4.69) is 20.6 Å². The van der Waals surface area contributed by atoms with Crippen LogP contribution >= 0.6 is 0 Å². The van der Waals surface area contributed by atoms with E-state index in [-0.39, 0.29) is 11.3 Å². The lowest BCUT2D eigenvalue weighted by atomic mass is 10.1. The summed E-state index contributed by atoms with van der Waals surface area (Å²) in [7, 11) is 3.42. The Kier molecular flexibility index (Phi) is 6.45. The van der Waals surface area contributed by atoms with E-state index in [1.165, 1.54) is 12.4 Å². The van der Waals surface area contributed by atoms with Crippen molar-refractivity contribution in [2.45, 2.75) is 0 Å². The Morgan fingerprint density at radius 3 is 2.29 bits per heavy atom. The number of hydrogen-bond donors (Lipinski definition) is 2. The summed E-state index contributed by atoms with van der Waals surface area (Å²) in [5.74, 6) is 0.205. The van der Waals surface area contributed by atoms with E-state index < -0.39 is 10.8 Å². The van der Waals surface area contributed by atoms with Gasteiger partial charge in [0.25, 0.3) is 11.6 Å². The number of rotatable bonds is 7. The van der Waals surface area contributed by atoms with E-state index in [0.29, 0.717) is 17.2 Å². The van der Waals surface area contributed by atoms with Gasteiger partial charge in [-0.25, -0.2) is 9.97 Å². The van der Waals surface area contributed by atoms with E-state index in [1.807, 2.05) is 36.4 Å².